The number of benzene rings is 2. The van der Waals surface area contributed by atoms with E-state index in [0.717, 1.165) is 48.3 Å². The number of aromatic amines is 1. The summed E-state index contributed by atoms with van der Waals surface area (Å²) in [5, 5.41) is 12.7. The number of nitrogens with zero attached hydrogens (tertiary/aromatic N) is 5. The number of aryl methyl sites for hydroxylation is 1. The highest BCUT2D eigenvalue weighted by molar-refractivity contribution is 7.89. The van der Waals surface area contributed by atoms with Gasteiger partial charge in [-0.3, -0.25) is 14.7 Å². The summed E-state index contributed by atoms with van der Waals surface area (Å²) in [6.45, 7) is 3.19. The number of sulfonamides is 1. The van der Waals surface area contributed by atoms with Crippen molar-refractivity contribution < 1.29 is 26.8 Å². The average molecular weight is 639 g/mol. The zero-order valence-electron chi connectivity index (χ0n) is 24.7. The predicted molar refractivity (Wildman–Crippen MR) is 164 cm³/mol. The standard InChI is InChI=1S/C30H32F2N8O4S/c1-37-10-12-39(13-11-37)21-5-6-23(26(17-21)33-30(42)27-4-3-8-38(27)2)29(41)34-28-24-18-40(9-7-25(24)35-36-28)45(43,44)22-15-19(31)14-20(32)16-22/h3-6,8,14-17H,7,9-13,18H2,1-2H3,(H,33,42)(H2,34,35,36,41). The molecule has 2 aliphatic rings. The summed E-state index contributed by atoms with van der Waals surface area (Å²) >= 11 is 0. The summed E-state index contributed by atoms with van der Waals surface area (Å²) in [4.78, 5) is 30.8. The fourth-order valence-electron chi connectivity index (χ4n) is 5.56. The zero-order valence-corrected chi connectivity index (χ0v) is 25.5. The minimum absolute atomic E-state index is 0.0478. The van der Waals surface area contributed by atoms with Gasteiger partial charge in [-0.2, -0.15) is 9.40 Å². The highest BCUT2D eigenvalue weighted by atomic mass is 32.2. The molecule has 1 saturated heterocycles. The third-order valence-corrected chi connectivity index (χ3v) is 9.97. The molecule has 0 spiro atoms. The van der Waals surface area contributed by atoms with Crippen molar-refractivity contribution in [3.8, 4) is 0 Å². The first-order valence-electron chi connectivity index (χ1n) is 14.3. The Morgan fingerprint density at radius 3 is 2.33 bits per heavy atom. The number of anilines is 3. The van der Waals surface area contributed by atoms with Crippen molar-refractivity contribution in [1.82, 2.24) is 24.0 Å². The summed E-state index contributed by atoms with van der Waals surface area (Å²) < 4.78 is 56.9. The minimum Gasteiger partial charge on any atom is -0.369 e. The number of halogens is 2. The van der Waals surface area contributed by atoms with E-state index in [4.69, 9.17) is 0 Å². The van der Waals surface area contributed by atoms with Crippen molar-refractivity contribution in [2.75, 3.05) is 55.3 Å². The molecule has 1 fully saturated rings. The average Bonchev–Trinajstić information content (AvgIpc) is 3.62. The first kappa shape index (κ1) is 30.4. The van der Waals surface area contributed by atoms with E-state index in [1.807, 2.05) is 6.07 Å². The maximum Gasteiger partial charge on any atom is 0.272 e. The second-order valence-corrected chi connectivity index (χ2v) is 13.1. The number of hydrogen-bond donors (Lipinski definition) is 3. The molecule has 4 aromatic rings. The lowest BCUT2D eigenvalue weighted by Gasteiger charge is -2.34. The molecule has 236 valence electrons. The smallest absolute Gasteiger partial charge is 0.272 e. The maximum absolute atomic E-state index is 13.8. The van der Waals surface area contributed by atoms with Crippen molar-refractivity contribution in [2.45, 2.75) is 17.9 Å². The lowest BCUT2D eigenvalue weighted by molar-refractivity contribution is 0.101. The molecule has 0 saturated carbocycles. The molecule has 4 heterocycles. The van der Waals surface area contributed by atoms with E-state index >= 15 is 0 Å². The molecule has 2 aromatic carbocycles. The largest absolute Gasteiger partial charge is 0.369 e. The van der Waals surface area contributed by atoms with Crippen LogP contribution in [0.2, 0.25) is 0 Å². The van der Waals surface area contributed by atoms with Crippen LogP contribution in [0.5, 0.6) is 0 Å². The van der Waals surface area contributed by atoms with Crippen LogP contribution in [0, 0.1) is 11.6 Å². The lowest BCUT2D eigenvalue weighted by atomic mass is 10.1. The summed E-state index contributed by atoms with van der Waals surface area (Å²) in [5.41, 5.74) is 2.81. The lowest BCUT2D eigenvalue weighted by Crippen LogP contribution is -2.44. The minimum atomic E-state index is -4.25. The second kappa shape index (κ2) is 12.1. The Kier molecular flexibility index (Phi) is 8.16. The normalized spacial score (nSPS) is 16.0. The fraction of sp³-hybridized carbons (Fsp3) is 0.300. The van der Waals surface area contributed by atoms with Gasteiger partial charge in [0.1, 0.15) is 17.3 Å². The summed E-state index contributed by atoms with van der Waals surface area (Å²) in [6, 6.07) is 10.8. The first-order valence-corrected chi connectivity index (χ1v) is 15.8. The van der Waals surface area contributed by atoms with Gasteiger partial charge in [0, 0.05) is 81.9 Å². The van der Waals surface area contributed by atoms with E-state index in [2.05, 4.69) is 37.7 Å². The van der Waals surface area contributed by atoms with Crippen LogP contribution in [0.3, 0.4) is 0 Å². The van der Waals surface area contributed by atoms with Crippen molar-refractivity contribution in [2.24, 2.45) is 7.05 Å². The monoisotopic (exact) mass is 638 g/mol. The molecule has 2 amide bonds. The molecule has 45 heavy (non-hydrogen) atoms. The fourth-order valence-corrected chi connectivity index (χ4v) is 7.01. The number of carbonyl (C=O) groups excluding carboxylic acids is 2. The van der Waals surface area contributed by atoms with Gasteiger partial charge in [0.15, 0.2) is 5.82 Å². The number of nitrogens with one attached hydrogen (secondary N) is 3. The van der Waals surface area contributed by atoms with Gasteiger partial charge < -0.3 is 25.0 Å². The Morgan fingerprint density at radius 2 is 1.64 bits per heavy atom. The Balaban J connectivity index is 1.27. The van der Waals surface area contributed by atoms with E-state index in [0.29, 0.717) is 28.7 Å². The molecule has 15 heteroatoms. The zero-order chi connectivity index (χ0) is 31.9. The Morgan fingerprint density at radius 1 is 0.911 bits per heavy atom. The van der Waals surface area contributed by atoms with Gasteiger partial charge >= 0.3 is 0 Å². The summed E-state index contributed by atoms with van der Waals surface area (Å²) in [6.07, 6.45) is 1.99. The van der Waals surface area contributed by atoms with Crippen molar-refractivity contribution in [1.29, 1.82) is 0 Å². The Hall–Kier alpha value is -4.60. The van der Waals surface area contributed by atoms with Crippen LogP contribution < -0.4 is 15.5 Å². The molecular formula is C30H32F2N8O4S. The van der Waals surface area contributed by atoms with E-state index in [-0.39, 0.29) is 36.8 Å². The number of piperazine rings is 1. The van der Waals surface area contributed by atoms with Crippen LogP contribution in [0.15, 0.2) is 59.6 Å². The van der Waals surface area contributed by atoms with E-state index < -0.39 is 32.5 Å². The van der Waals surface area contributed by atoms with E-state index in [9.17, 15) is 26.8 Å². The van der Waals surface area contributed by atoms with Gasteiger partial charge in [0.05, 0.1) is 16.1 Å². The molecule has 3 N–H and O–H groups in total. The van der Waals surface area contributed by atoms with Crippen molar-refractivity contribution >= 4 is 39.0 Å². The number of carbonyl (C=O) groups is 2. The van der Waals surface area contributed by atoms with Crippen LogP contribution in [-0.4, -0.2) is 84.0 Å². The van der Waals surface area contributed by atoms with Gasteiger partial charge in [0.25, 0.3) is 11.8 Å². The molecule has 2 aromatic heterocycles. The highest BCUT2D eigenvalue weighted by Crippen LogP contribution is 2.31. The number of amides is 2. The number of H-pyrrole nitrogens is 1. The molecule has 2 aliphatic heterocycles. The van der Waals surface area contributed by atoms with Gasteiger partial charge in [-0.15, -0.1) is 0 Å². The first-order chi connectivity index (χ1) is 21.5. The maximum atomic E-state index is 13.8. The Bertz CT molecular complexity index is 1860. The third kappa shape index (κ3) is 6.18. The second-order valence-electron chi connectivity index (χ2n) is 11.2. The number of aromatic nitrogens is 3. The molecule has 6 rings (SSSR count). The number of likely N-dealkylation sites (N-methyl/N-ethyl adjacent to an activating group) is 1. The van der Waals surface area contributed by atoms with Crippen LogP contribution in [0.4, 0.5) is 26.0 Å². The molecule has 0 atom stereocenters. The van der Waals surface area contributed by atoms with Gasteiger partial charge in [-0.05, 0) is 49.5 Å². The topological polar surface area (TPSA) is 136 Å². The molecule has 12 nitrogen and oxygen atoms in total. The molecular weight excluding hydrogens is 606 g/mol. The SMILES string of the molecule is CN1CCN(c2ccc(C(=O)Nc3n[nH]c4c3CN(S(=O)(=O)c3cc(F)cc(F)c3)CC4)c(NC(=O)c3cccn3C)c2)CC1. The van der Waals surface area contributed by atoms with Crippen LogP contribution >= 0.6 is 0 Å². The predicted octanol–water partition coefficient (Wildman–Crippen LogP) is 3.03. The number of rotatable bonds is 7. The third-order valence-electron chi connectivity index (χ3n) is 8.15. The van der Waals surface area contributed by atoms with Crippen LogP contribution in [0.1, 0.15) is 32.1 Å². The van der Waals surface area contributed by atoms with E-state index in [1.165, 1.54) is 0 Å². The quantitative estimate of drug-likeness (QED) is 0.283. The van der Waals surface area contributed by atoms with Crippen LogP contribution in [0.25, 0.3) is 0 Å². The van der Waals surface area contributed by atoms with Crippen molar-refractivity contribution in [3.63, 3.8) is 0 Å². The summed E-state index contributed by atoms with van der Waals surface area (Å²) in [5.74, 6) is -2.85. The molecule has 0 radical (unpaired) electrons. The van der Waals surface area contributed by atoms with Gasteiger partial charge in [0.2, 0.25) is 10.0 Å². The van der Waals surface area contributed by atoms with Gasteiger partial charge in [-0.25, -0.2) is 17.2 Å². The van der Waals surface area contributed by atoms with Crippen LogP contribution in [-0.2, 0) is 30.0 Å². The highest BCUT2D eigenvalue weighted by Gasteiger charge is 2.32. The molecule has 0 aliphatic carbocycles. The van der Waals surface area contributed by atoms with Gasteiger partial charge in [-0.1, -0.05) is 0 Å². The molecule has 0 bridgehead atoms. The van der Waals surface area contributed by atoms with Crippen molar-refractivity contribution in [3.05, 3.63) is 88.9 Å². The number of hydrogen-bond acceptors (Lipinski definition) is 7. The molecule has 0 unspecified atom stereocenters. The summed E-state index contributed by atoms with van der Waals surface area (Å²) in [7, 11) is -0.444. The van der Waals surface area contributed by atoms with E-state index in [1.54, 1.807) is 42.1 Å². The Labute approximate surface area is 258 Å². The number of fused-ring (bicyclic) bond motifs is 1.